The van der Waals surface area contributed by atoms with Gasteiger partial charge in [0, 0.05) is 0 Å². The summed E-state index contributed by atoms with van der Waals surface area (Å²) in [4.78, 5) is 18.2. The van der Waals surface area contributed by atoms with Crippen LogP contribution < -0.4 is 23.9 Å². The second-order valence-corrected chi connectivity index (χ2v) is 0.937. The van der Waals surface area contributed by atoms with Gasteiger partial charge in [-0.1, -0.05) is 0 Å². The van der Waals surface area contributed by atoms with Gasteiger partial charge in [0.05, 0.1) is 0 Å². The van der Waals surface area contributed by atoms with Crippen molar-refractivity contribution in [2.45, 2.75) is 0 Å². The largest absolute Gasteiger partial charge is 1.00 e. The van der Waals surface area contributed by atoms with Gasteiger partial charge in [-0.15, -0.1) is 0 Å². The standard InChI is InChI=1S/C2H2O4.BH2O3.Li/c3-1(4)2(5)6;2-1(3)4;/h(H,3,4)(H,5,6);2-3H;/q;-1;+1. The molecule has 0 aromatic carbocycles. The molecule has 4 N–H and O–H groups in total. The van der Waals surface area contributed by atoms with Gasteiger partial charge >= 0.3 is 38.1 Å². The van der Waals surface area contributed by atoms with Crippen molar-refractivity contribution in [3.05, 3.63) is 0 Å². The summed E-state index contributed by atoms with van der Waals surface area (Å²) in [7, 11) is -2.42. The monoisotopic (exact) mass is 158 g/mol. The summed E-state index contributed by atoms with van der Waals surface area (Å²) in [6.07, 6.45) is 0. The Morgan fingerprint density at radius 2 is 1.18 bits per heavy atom. The molecular weight excluding hydrogens is 154 g/mol. The number of hydrogen-bond donors (Lipinski definition) is 4. The molecule has 0 heterocycles. The summed E-state index contributed by atoms with van der Waals surface area (Å²) < 4.78 is 0. The Hall–Kier alpha value is -0.518. The van der Waals surface area contributed by atoms with Gasteiger partial charge in [0.15, 0.2) is 0 Å². The summed E-state index contributed by atoms with van der Waals surface area (Å²) in [6.45, 7) is 0. The summed E-state index contributed by atoms with van der Waals surface area (Å²) in [5.41, 5.74) is 0. The Kier molecular flexibility index (Phi) is 14.5. The van der Waals surface area contributed by atoms with E-state index in [2.05, 4.69) is 0 Å². The summed E-state index contributed by atoms with van der Waals surface area (Å²) in [6, 6.07) is 0. The van der Waals surface area contributed by atoms with Gasteiger partial charge in [-0.25, -0.2) is 9.59 Å². The van der Waals surface area contributed by atoms with E-state index in [4.69, 9.17) is 34.9 Å². The average molecular weight is 158 g/mol. The molecule has 0 fully saturated rings. The summed E-state index contributed by atoms with van der Waals surface area (Å²) in [5.74, 6) is -3.65. The predicted molar refractivity (Wildman–Crippen MR) is 25.5 cm³/mol. The first-order valence-corrected chi connectivity index (χ1v) is 1.86. The van der Waals surface area contributed by atoms with Gasteiger partial charge in [0.25, 0.3) is 0 Å². The molecule has 0 unspecified atom stereocenters. The first kappa shape index (κ1) is 16.8. The molecule has 0 spiro atoms. The fraction of sp³-hybridized carbons (Fsp3) is 0. The smallest absolute Gasteiger partial charge is 0.832 e. The Morgan fingerprint density at radius 1 is 1.09 bits per heavy atom. The molecule has 11 heavy (non-hydrogen) atoms. The van der Waals surface area contributed by atoms with E-state index < -0.39 is 19.3 Å². The van der Waals surface area contributed by atoms with Crippen LogP contribution in [0.3, 0.4) is 0 Å². The summed E-state index contributed by atoms with van der Waals surface area (Å²) in [5, 5.41) is 37.5. The van der Waals surface area contributed by atoms with Crippen LogP contribution in [0, 0.1) is 0 Å². The van der Waals surface area contributed by atoms with Crippen molar-refractivity contribution < 1.29 is 53.7 Å². The van der Waals surface area contributed by atoms with Gasteiger partial charge in [0.1, 0.15) is 0 Å². The summed E-state index contributed by atoms with van der Waals surface area (Å²) >= 11 is 0. The van der Waals surface area contributed by atoms with Crippen molar-refractivity contribution in [3.8, 4) is 0 Å². The van der Waals surface area contributed by atoms with Gasteiger partial charge < -0.3 is 25.3 Å². The molecule has 0 bridgehead atoms. The van der Waals surface area contributed by atoms with Gasteiger partial charge in [-0.2, -0.15) is 0 Å². The number of rotatable bonds is 0. The molecule has 7 nitrogen and oxygen atoms in total. The molecule has 58 valence electrons. The van der Waals surface area contributed by atoms with Crippen LogP contribution in [0.25, 0.3) is 0 Å². The van der Waals surface area contributed by atoms with Crippen LogP contribution in [0.4, 0.5) is 0 Å². The fourth-order valence-corrected chi connectivity index (χ4v) is 0. The van der Waals surface area contributed by atoms with E-state index in [0.717, 1.165) is 0 Å². The van der Waals surface area contributed by atoms with Crippen molar-refractivity contribution in [1.29, 1.82) is 0 Å². The van der Waals surface area contributed by atoms with E-state index in [1.807, 2.05) is 0 Å². The predicted octanol–water partition coefficient (Wildman–Crippen LogP) is -6.52. The zero-order valence-corrected chi connectivity index (χ0v) is 5.59. The van der Waals surface area contributed by atoms with Crippen molar-refractivity contribution >= 4 is 19.3 Å². The van der Waals surface area contributed by atoms with Crippen LogP contribution in [0.2, 0.25) is 0 Å². The zero-order chi connectivity index (χ0) is 8.73. The first-order chi connectivity index (χ1) is 4.37. The SMILES string of the molecule is O=C(O)C(=O)O.[Li+].[O-]B(O)O. The van der Waals surface area contributed by atoms with E-state index in [0.29, 0.717) is 0 Å². The first-order valence-electron chi connectivity index (χ1n) is 1.86. The maximum absolute atomic E-state index is 9.10. The van der Waals surface area contributed by atoms with Crippen molar-refractivity contribution in [1.82, 2.24) is 0 Å². The van der Waals surface area contributed by atoms with Crippen LogP contribution in [0.5, 0.6) is 0 Å². The normalized spacial score (nSPS) is 6.45. The minimum absolute atomic E-state index is 0. The average Bonchev–Trinajstić information content (AvgIpc) is 1.63. The number of aliphatic carboxylic acids is 2. The van der Waals surface area contributed by atoms with Crippen molar-refractivity contribution in [2.75, 3.05) is 0 Å². The second-order valence-electron chi connectivity index (χ2n) is 0.937. The van der Waals surface area contributed by atoms with Crippen molar-refractivity contribution in [2.24, 2.45) is 0 Å². The molecule has 0 aliphatic carbocycles. The maximum atomic E-state index is 9.10. The number of carboxylic acids is 2. The molecular formula is C2H4BLiO7. The molecule has 9 heteroatoms. The van der Waals surface area contributed by atoms with E-state index >= 15 is 0 Å². The Balaban J connectivity index is -0.000000114. The molecule has 0 rings (SSSR count). The quantitative estimate of drug-likeness (QED) is 0.203. The van der Waals surface area contributed by atoms with Crippen LogP contribution in [-0.4, -0.2) is 39.5 Å². The molecule has 0 aromatic heterocycles. The Bertz CT molecular complexity index is 109. The van der Waals surface area contributed by atoms with Gasteiger partial charge in [-0.05, 0) is 0 Å². The maximum Gasteiger partial charge on any atom is 1.00 e. The Morgan fingerprint density at radius 3 is 1.18 bits per heavy atom. The number of carboxylic acid groups (broad SMARTS) is 2. The molecule has 0 atom stereocenters. The molecule has 0 radical (unpaired) electrons. The third-order valence-electron chi connectivity index (χ3n) is 0.183. The van der Waals surface area contributed by atoms with E-state index in [1.165, 1.54) is 0 Å². The van der Waals surface area contributed by atoms with Crippen molar-refractivity contribution in [3.63, 3.8) is 0 Å². The molecule has 0 aliphatic rings. The minimum Gasteiger partial charge on any atom is -0.832 e. The van der Waals surface area contributed by atoms with Gasteiger partial charge in [0.2, 0.25) is 0 Å². The van der Waals surface area contributed by atoms with E-state index in [9.17, 15) is 0 Å². The number of carbonyl (C=O) groups is 2. The molecule has 0 aliphatic heterocycles. The second kappa shape index (κ2) is 9.48. The Labute approximate surface area is 73.6 Å². The van der Waals surface area contributed by atoms with Crippen LogP contribution in [0.15, 0.2) is 0 Å². The minimum atomic E-state index is -2.42. The fourth-order valence-electron chi connectivity index (χ4n) is 0. The topological polar surface area (TPSA) is 138 Å². The molecule has 0 saturated heterocycles. The third kappa shape index (κ3) is 43.8. The number of hydrogen-bond acceptors (Lipinski definition) is 5. The van der Waals surface area contributed by atoms with E-state index in [1.54, 1.807) is 0 Å². The zero-order valence-electron chi connectivity index (χ0n) is 5.59. The molecule has 0 aromatic rings. The van der Waals surface area contributed by atoms with E-state index in [-0.39, 0.29) is 18.9 Å². The van der Waals surface area contributed by atoms with Crippen LogP contribution in [-0.2, 0) is 9.59 Å². The van der Waals surface area contributed by atoms with Crippen LogP contribution >= 0.6 is 0 Å². The third-order valence-corrected chi connectivity index (χ3v) is 0.183. The van der Waals surface area contributed by atoms with Gasteiger partial charge in [-0.3, -0.25) is 0 Å². The van der Waals surface area contributed by atoms with Crippen LogP contribution in [0.1, 0.15) is 0 Å². The molecule has 0 amide bonds. The molecule has 0 saturated carbocycles.